The molecule has 134 valence electrons. The number of aromatic amines is 1. The van der Waals surface area contributed by atoms with Gasteiger partial charge >= 0.3 is 5.63 Å². The summed E-state index contributed by atoms with van der Waals surface area (Å²) < 4.78 is 10.6. The van der Waals surface area contributed by atoms with Gasteiger partial charge in [0.1, 0.15) is 11.3 Å². The van der Waals surface area contributed by atoms with Crippen molar-refractivity contribution in [3.8, 4) is 17.0 Å². The predicted molar refractivity (Wildman–Crippen MR) is 101 cm³/mol. The second kappa shape index (κ2) is 7.17. The Morgan fingerprint density at radius 3 is 2.78 bits per heavy atom. The lowest BCUT2D eigenvalue weighted by Crippen LogP contribution is -2.20. The van der Waals surface area contributed by atoms with Gasteiger partial charge in [0.05, 0.1) is 17.6 Å². The maximum absolute atomic E-state index is 12.2. The van der Waals surface area contributed by atoms with Gasteiger partial charge in [-0.05, 0) is 18.2 Å². The minimum absolute atomic E-state index is 0.192. The molecule has 4 rings (SSSR count). The molecule has 2 N–H and O–H groups in total. The largest absolute Gasteiger partial charge is 0.484 e. The third-order valence-electron chi connectivity index (χ3n) is 3.94. The summed E-state index contributed by atoms with van der Waals surface area (Å²) in [5, 5.41) is 10.4. The van der Waals surface area contributed by atoms with Crippen molar-refractivity contribution in [3.63, 3.8) is 0 Å². The van der Waals surface area contributed by atoms with E-state index in [9.17, 15) is 9.59 Å². The number of fused-ring (bicyclic) bond motifs is 1. The van der Waals surface area contributed by atoms with Crippen LogP contribution in [0.2, 0.25) is 0 Å². The number of hydrogen-bond donors (Lipinski definition) is 2. The smallest absolute Gasteiger partial charge is 0.336 e. The van der Waals surface area contributed by atoms with Crippen LogP contribution in [0.4, 0.5) is 5.69 Å². The number of nitrogens with one attached hydrogen (secondary N) is 2. The number of rotatable bonds is 5. The van der Waals surface area contributed by atoms with E-state index in [0.29, 0.717) is 17.0 Å². The molecule has 2 aromatic carbocycles. The lowest BCUT2D eigenvalue weighted by atomic mass is 10.1. The van der Waals surface area contributed by atoms with Crippen LogP contribution in [0.5, 0.6) is 5.75 Å². The number of benzene rings is 2. The van der Waals surface area contributed by atoms with Crippen LogP contribution in [0.3, 0.4) is 0 Å². The summed E-state index contributed by atoms with van der Waals surface area (Å²) in [4.78, 5) is 23.5. The Balaban J connectivity index is 1.44. The summed E-state index contributed by atoms with van der Waals surface area (Å²) in [7, 11) is 0. The number of nitrogens with zero attached hydrogens (tertiary/aromatic N) is 1. The molecule has 0 saturated heterocycles. The van der Waals surface area contributed by atoms with Crippen LogP contribution >= 0.6 is 0 Å². The van der Waals surface area contributed by atoms with E-state index in [0.717, 1.165) is 16.6 Å². The van der Waals surface area contributed by atoms with Gasteiger partial charge in [0.15, 0.2) is 6.61 Å². The maximum atomic E-state index is 12.2. The van der Waals surface area contributed by atoms with Gasteiger partial charge < -0.3 is 14.5 Å². The van der Waals surface area contributed by atoms with Gasteiger partial charge in [-0.3, -0.25) is 9.89 Å². The average Bonchev–Trinajstić information content (AvgIpc) is 3.14. The highest BCUT2D eigenvalue weighted by Gasteiger charge is 2.11. The third-order valence-corrected chi connectivity index (χ3v) is 3.94. The van der Waals surface area contributed by atoms with Crippen LogP contribution in [0.1, 0.15) is 0 Å². The van der Waals surface area contributed by atoms with Crippen LogP contribution in [0, 0.1) is 0 Å². The summed E-state index contributed by atoms with van der Waals surface area (Å²) in [6.45, 7) is -0.192. The van der Waals surface area contributed by atoms with E-state index < -0.39 is 5.63 Å². The second-order valence-corrected chi connectivity index (χ2v) is 5.82. The van der Waals surface area contributed by atoms with Gasteiger partial charge in [-0.1, -0.05) is 30.3 Å². The van der Waals surface area contributed by atoms with Crippen molar-refractivity contribution in [3.05, 3.63) is 77.3 Å². The van der Waals surface area contributed by atoms with Crippen molar-refractivity contribution in [2.24, 2.45) is 0 Å². The van der Waals surface area contributed by atoms with Crippen LogP contribution < -0.4 is 15.7 Å². The second-order valence-electron chi connectivity index (χ2n) is 5.82. The zero-order valence-electron chi connectivity index (χ0n) is 14.1. The van der Waals surface area contributed by atoms with E-state index in [1.807, 2.05) is 30.3 Å². The van der Waals surface area contributed by atoms with E-state index in [4.69, 9.17) is 9.15 Å². The molecule has 0 unspecified atom stereocenters. The first kappa shape index (κ1) is 16.6. The number of ether oxygens (including phenoxy) is 1. The molecule has 0 radical (unpaired) electrons. The fourth-order valence-corrected chi connectivity index (χ4v) is 2.67. The molecule has 4 aromatic rings. The minimum atomic E-state index is -0.439. The van der Waals surface area contributed by atoms with Crippen LogP contribution in [-0.2, 0) is 4.79 Å². The van der Waals surface area contributed by atoms with Crippen molar-refractivity contribution in [2.75, 3.05) is 11.9 Å². The Bertz CT molecular complexity index is 1150. The van der Waals surface area contributed by atoms with E-state index in [2.05, 4.69) is 15.5 Å². The molecule has 0 atom stereocenters. The highest BCUT2D eigenvalue weighted by Crippen LogP contribution is 2.25. The highest BCUT2D eigenvalue weighted by atomic mass is 16.5. The maximum Gasteiger partial charge on any atom is 0.336 e. The number of anilines is 1. The first-order valence-electron chi connectivity index (χ1n) is 8.24. The van der Waals surface area contributed by atoms with Crippen molar-refractivity contribution in [1.29, 1.82) is 0 Å². The van der Waals surface area contributed by atoms with E-state index in [-0.39, 0.29) is 12.5 Å². The van der Waals surface area contributed by atoms with Crippen LogP contribution in [0.25, 0.3) is 22.2 Å². The predicted octanol–water partition coefficient (Wildman–Crippen LogP) is 3.20. The molecule has 0 spiro atoms. The van der Waals surface area contributed by atoms with Gasteiger partial charge in [-0.2, -0.15) is 5.10 Å². The van der Waals surface area contributed by atoms with Gasteiger partial charge in [0.25, 0.3) is 5.91 Å². The number of hydrogen-bond acceptors (Lipinski definition) is 5. The van der Waals surface area contributed by atoms with Gasteiger partial charge in [0, 0.05) is 23.1 Å². The molecule has 0 saturated carbocycles. The third kappa shape index (κ3) is 3.72. The molecule has 0 aliphatic rings. The molecule has 2 aromatic heterocycles. The number of aromatic nitrogens is 2. The Labute approximate surface area is 153 Å². The SMILES string of the molecule is O=C(COc1ccc2ccc(=O)oc2c1)Nc1cn[nH]c1-c1ccccc1. The molecular weight excluding hydrogens is 346 g/mol. The Morgan fingerprint density at radius 2 is 1.93 bits per heavy atom. The topological polar surface area (TPSA) is 97.2 Å². The Hall–Kier alpha value is -3.87. The molecule has 1 amide bonds. The summed E-state index contributed by atoms with van der Waals surface area (Å²) >= 11 is 0. The Kier molecular flexibility index (Phi) is 4.40. The van der Waals surface area contributed by atoms with Crippen LogP contribution in [-0.4, -0.2) is 22.7 Å². The molecule has 2 heterocycles. The summed E-state index contributed by atoms with van der Waals surface area (Å²) in [6, 6.07) is 17.6. The molecule has 0 bridgehead atoms. The number of carbonyl (C=O) groups is 1. The van der Waals surface area contributed by atoms with E-state index >= 15 is 0 Å². The van der Waals surface area contributed by atoms with Crippen molar-refractivity contribution in [2.45, 2.75) is 0 Å². The van der Waals surface area contributed by atoms with Crippen molar-refractivity contribution >= 4 is 22.6 Å². The van der Waals surface area contributed by atoms with Crippen molar-refractivity contribution < 1.29 is 13.9 Å². The lowest BCUT2D eigenvalue weighted by Gasteiger charge is -2.08. The quantitative estimate of drug-likeness (QED) is 0.532. The number of amides is 1. The molecule has 7 nitrogen and oxygen atoms in total. The fourth-order valence-electron chi connectivity index (χ4n) is 2.67. The molecule has 27 heavy (non-hydrogen) atoms. The monoisotopic (exact) mass is 361 g/mol. The minimum Gasteiger partial charge on any atom is -0.484 e. The number of carbonyl (C=O) groups excluding carboxylic acids is 1. The molecule has 0 aliphatic carbocycles. The van der Waals surface area contributed by atoms with Gasteiger partial charge in [-0.25, -0.2) is 4.79 Å². The fraction of sp³-hybridized carbons (Fsp3) is 0.0500. The number of H-pyrrole nitrogens is 1. The zero-order valence-corrected chi connectivity index (χ0v) is 14.1. The van der Waals surface area contributed by atoms with Crippen LogP contribution in [0.15, 0.2) is 76.1 Å². The van der Waals surface area contributed by atoms with Crippen molar-refractivity contribution in [1.82, 2.24) is 10.2 Å². The normalized spacial score (nSPS) is 10.7. The van der Waals surface area contributed by atoms with Gasteiger partial charge in [-0.15, -0.1) is 0 Å². The zero-order chi connectivity index (χ0) is 18.6. The van der Waals surface area contributed by atoms with Gasteiger partial charge in [0.2, 0.25) is 0 Å². The first-order chi connectivity index (χ1) is 13.2. The summed E-state index contributed by atoms with van der Waals surface area (Å²) in [5.74, 6) is 0.102. The molecular formula is C20H15N3O4. The molecule has 0 aliphatic heterocycles. The highest BCUT2D eigenvalue weighted by molar-refractivity contribution is 5.95. The Morgan fingerprint density at radius 1 is 1.11 bits per heavy atom. The summed E-state index contributed by atoms with van der Waals surface area (Å²) in [6.07, 6.45) is 1.55. The molecule has 7 heteroatoms. The first-order valence-corrected chi connectivity index (χ1v) is 8.24. The van der Waals surface area contributed by atoms with E-state index in [1.165, 1.54) is 6.07 Å². The van der Waals surface area contributed by atoms with E-state index in [1.54, 1.807) is 30.5 Å². The lowest BCUT2D eigenvalue weighted by molar-refractivity contribution is -0.118. The standard InChI is InChI=1S/C20H15N3O4/c24-18(22-16-11-21-23-20(16)14-4-2-1-3-5-14)12-26-15-8-6-13-7-9-19(25)27-17(13)10-15/h1-11H,12H2,(H,21,23)(H,22,24). The average molecular weight is 361 g/mol. The molecule has 0 fully saturated rings. The summed E-state index contributed by atoms with van der Waals surface area (Å²) in [5.41, 5.74) is 2.17.